The van der Waals surface area contributed by atoms with E-state index in [4.69, 9.17) is 5.11 Å². The minimum absolute atomic E-state index is 0.0369. The summed E-state index contributed by atoms with van der Waals surface area (Å²) in [5.74, 6) is 5.72. The fourth-order valence-corrected chi connectivity index (χ4v) is 3.20. The Morgan fingerprint density at radius 1 is 1.45 bits per heavy atom. The summed E-state index contributed by atoms with van der Waals surface area (Å²) in [5.41, 5.74) is 0. The molecular weight excluding hydrogens is 298 g/mol. The average Bonchev–Trinajstić information content (AvgIpc) is 3.09. The molecule has 0 atom stereocenters. The number of aliphatic hydroxyl groups excluding tert-OH is 1. The summed E-state index contributed by atoms with van der Waals surface area (Å²) in [6, 6.07) is 3.65. The first-order valence-corrected chi connectivity index (χ1v) is 8.08. The van der Waals surface area contributed by atoms with E-state index in [1.54, 1.807) is 0 Å². The quantitative estimate of drug-likeness (QED) is 0.708. The Labute approximate surface area is 120 Å². The number of imidazole rings is 1. The number of hydrogen-bond donors (Lipinski definition) is 3. The highest BCUT2D eigenvalue weighted by Crippen LogP contribution is 2.16. The Morgan fingerprint density at radius 3 is 3.00 bits per heavy atom. The third kappa shape index (κ3) is 3.91. The molecule has 106 valence electrons. The molecule has 0 aliphatic rings. The molecule has 0 aliphatic heterocycles. The van der Waals surface area contributed by atoms with Crippen LogP contribution in [-0.2, 0) is 16.6 Å². The van der Waals surface area contributed by atoms with Gasteiger partial charge in [-0.15, -0.1) is 11.3 Å². The number of thiophene rings is 1. The van der Waals surface area contributed by atoms with Gasteiger partial charge in [-0.05, 0) is 12.1 Å². The minimum Gasteiger partial charge on any atom is -0.395 e. The fourth-order valence-electron chi connectivity index (χ4n) is 1.38. The van der Waals surface area contributed by atoms with Gasteiger partial charge in [0.2, 0.25) is 0 Å². The van der Waals surface area contributed by atoms with E-state index in [1.807, 2.05) is 12.1 Å². The van der Waals surface area contributed by atoms with Gasteiger partial charge in [-0.25, -0.2) is 18.1 Å². The molecule has 20 heavy (non-hydrogen) atoms. The number of sulfonamides is 1. The van der Waals surface area contributed by atoms with E-state index in [2.05, 4.69) is 26.5 Å². The monoisotopic (exact) mass is 311 g/mol. The molecular formula is C12H13N3O3S2. The molecule has 2 heterocycles. The van der Waals surface area contributed by atoms with Crippen LogP contribution in [0.3, 0.4) is 0 Å². The highest BCUT2D eigenvalue weighted by Gasteiger charge is 2.15. The summed E-state index contributed by atoms with van der Waals surface area (Å²) in [6.45, 7) is 0.239. The van der Waals surface area contributed by atoms with Gasteiger partial charge in [-0.3, -0.25) is 0 Å². The third-order valence-corrected chi connectivity index (χ3v) is 4.64. The largest absolute Gasteiger partial charge is 0.395 e. The normalized spacial score (nSPS) is 11.1. The zero-order valence-corrected chi connectivity index (χ0v) is 12.1. The van der Waals surface area contributed by atoms with Gasteiger partial charge in [0.15, 0.2) is 5.03 Å². The number of aromatic nitrogens is 2. The lowest BCUT2D eigenvalue weighted by molar-refractivity contribution is 0.305. The summed E-state index contributed by atoms with van der Waals surface area (Å²) in [6.07, 6.45) is 3.00. The molecule has 6 nitrogen and oxygen atoms in total. The second-order valence-electron chi connectivity index (χ2n) is 3.78. The molecule has 8 heteroatoms. The molecule has 2 rings (SSSR count). The van der Waals surface area contributed by atoms with Gasteiger partial charge in [0.05, 0.1) is 24.0 Å². The van der Waals surface area contributed by atoms with Crippen molar-refractivity contribution in [3.8, 4) is 11.8 Å². The Morgan fingerprint density at radius 2 is 2.30 bits per heavy atom. The molecule has 2 aromatic rings. The predicted octanol–water partition coefficient (Wildman–Crippen LogP) is 0.684. The molecule has 0 unspecified atom stereocenters. The summed E-state index contributed by atoms with van der Waals surface area (Å²) >= 11 is 1.41. The van der Waals surface area contributed by atoms with E-state index >= 15 is 0 Å². The Kier molecular flexibility index (Phi) is 4.92. The van der Waals surface area contributed by atoms with Crippen LogP contribution in [0.5, 0.6) is 0 Å². The zero-order valence-electron chi connectivity index (χ0n) is 10.5. The van der Waals surface area contributed by atoms with Crippen molar-refractivity contribution in [2.75, 3.05) is 6.61 Å². The molecule has 2 aromatic heterocycles. The maximum Gasteiger partial charge on any atom is 0.257 e. The van der Waals surface area contributed by atoms with Crippen LogP contribution in [0, 0.1) is 11.8 Å². The summed E-state index contributed by atoms with van der Waals surface area (Å²) in [4.78, 5) is 7.93. The van der Waals surface area contributed by atoms with Gasteiger partial charge < -0.3 is 10.1 Å². The highest BCUT2D eigenvalue weighted by molar-refractivity contribution is 7.89. The second kappa shape index (κ2) is 6.67. The minimum atomic E-state index is -3.56. The predicted molar refractivity (Wildman–Crippen MR) is 75.5 cm³/mol. The van der Waals surface area contributed by atoms with Crippen LogP contribution in [0.2, 0.25) is 0 Å². The van der Waals surface area contributed by atoms with Crippen molar-refractivity contribution < 1.29 is 13.5 Å². The zero-order chi connectivity index (χ0) is 14.4. The molecule has 3 N–H and O–H groups in total. The Hall–Kier alpha value is -1.66. The van der Waals surface area contributed by atoms with E-state index in [0.29, 0.717) is 6.42 Å². The van der Waals surface area contributed by atoms with Gasteiger partial charge >= 0.3 is 0 Å². The maximum atomic E-state index is 11.9. The van der Waals surface area contributed by atoms with Crippen molar-refractivity contribution in [3.63, 3.8) is 0 Å². The standard InChI is InChI=1S/C12H13N3O3S2/c16-6-2-1-3-10-4-5-11(19-10)7-15-20(17,18)12-8-13-9-14-12/h4-5,8-9,15-16H,2,6-7H2,(H,13,14). The molecule has 0 aliphatic carbocycles. The molecule has 0 aromatic carbocycles. The summed E-state index contributed by atoms with van der Waals surface area (Å²) in [7, 11) is -3.56. The van der Waals surface area contributed by atoms with Crippen LogP contribution in [0.4, 0.5) is 0 Å². The van der Waals surface area contributed by atoms with Gasteiger partial charge in [-0.1, -0.05) is 11.8 Å². The van der Waals surface area contributed by atoms with E-state index in [0.717, 1.165) is 9.75 Å². The van der Waals surface area contributed by atoms with Crippen molar-refractivity contribution in [3.05, 3.63) is 34.4 Å². The molecule has 0 bridgehead atoms. The van der Waals surface area contributed by atoms with Crippen LogP contribution >= 0.6 is 11.3 Å². The number of aromatic amines is 1. The smallest absolute Gasteiger partial charge is 0.257 e. The van der Waals surface area contributed by atoms with Gasteiger partial charge in [0.25, 0.3) is 10.0 Å². The second-order valence-corrected chi connectivity index (χ2v) is 6.69. The van der Waals surface area contributed by atoms with Crippen molar-refractivity contribution >= 4 is 21.4 Å². The fraction of sp³-hybridized carbons (Fsp3) is 0.250. The summed E-state index contributed by atoms with van der Waals surface area (Å²) in [5, 5.41) is 8.67. The van der Waals surface area contributed by atoms with Crippen LogP contribution in [-0.4, -0.2) is 30.1 Å². The third-order valence-electron chi connectivity index (χ3n) is 2.31. The van der Waals surface area contributed by atoms with Crippen molar-refractivity contribution in [1.82, 2.24) is 14.7 Å². The van der Waals surface area contributed by atoms with Crippen LogP contribution < -0.4 is 4.72 Å². The van der Waals surface area contributed by atoms with Crippen LogP contribution in [0.1, 0.15) is 16.2 Å². The number of H-pyrrole nitrogens is 1. The number of nitrogens with zero attached hydrogens (tertiary/aromatic N) is 1. The number of nitrogens with one attached hydrogen (secondary N) is 2. The molecule has 0 saturated carbocycles. The lowest BCUT2D eigenvalue weighted by atomic mass is 10.4. The summed E-state index contributed by atoms with van der Waals surface area (Å²) < 4.78 is 26.2. The van der Waals surface area contributed by atoms with Gasteiger partial charge in [0, 0.05) is 17.8 Å². The van der Waals surface area contributed by atoms with Crippen molar-refractivity contribution in [2.24, 2.45) is 0 Å². The lowest BCUT2D eigenvalue weighted by Gasteiger charge is -2.02. The van der Waals surface area contributed by atoms with Crippen molar-refractivity contribution in [1.29, 1.82) is 0 Å². The average molecular weight is 311 g/mol. The number of aliphatic hydroxyl groups is 1. The Balaban J connectivity index is 1.97. The van der Waals surface area contributed by atoms with E-state index < -0.39 is 10.0 Å². The molecule has 0 saturated heterocycles. The number of hydrogen-bond acceptors (Lipinski definition) is 5. The molecule has 0 fully saturated rings. The lowest BCUT2D eigenvalue weighted by Crippen LogP contribution is -2.23. The number of rotatable bonds is 5. The van der Waals surface area contributed by atoms with Crippen LogP contribution in [0.15, 0.2) is 29.7 Å². The molecule has 0 amide bonds. The topological polar surface area (TPSA) is 95.1 Å². The van der Waals surface area contributed by atoms with Gasteiger partial charge in [-0.2, -0.15) is 0 Å². The highest BCUT2D eigenvalue weighted by atomic mass is 32.2. The van der Waals surface area contributed by atoms with Crippen LogP contribution in [0.25, 0.3) is 0 Å². The first-order valence-electron chi connectivity index (χ1n) is 5.78. The maximum absolute atomic E-state index is 11.9. The van der Waals surface area contributed by atoms with E-state index in [-0.39, 0.29) is 18.2 Å². The Bertz CT molecular complexity index is 709. The molecule has 0 spiro atoms. The van der Waals surface area contributed by atoms with E-state index in [1.165, 1.54) is 23.9 Å². The van der Waals surface area contributed by atoms with Gasteiger partial charge in [0.1, 0.15) is 0 Å². The first kappa shape index (κ1) is 14.7. The molecule has 0 radical (unpaired) electrons. The SMILES string of the molecule is O=S(=O)(NCc1ccc(C#CCCO)s1)c1cnc[nH]1. The van der Waals surface area contributed by atoms with Crippen molar-refractivity contribution in [2.45, 2.75) is 18.0 Å². The van der Waals surface area contributed by atoms with E-state index in [9.17, 15) is 8.42 Å². The first-order chi connectivity index (χ1) is 9.62.